The Balaban J connectivity index is 1.17. The van der Waals surface area contributed by atoms with Crippen molar-refractivity contribution < 1.29 is 8.83 Å². The third kappa shape index (κ3) is 4.42. The van der Waals surface area contributed by atoms with E-state index in [1.54, 1.807) is 0 Å². The first-order valence-electron chi connectivity index (χ1n) is 15.3. The monoisotopic (exact) mass is 580 g/mol. The van der Waals surface area contributed by atoms with E-state index in [9.17, 15) is 0 Å². The number of benzene rings is 6. The van der Waals surface area contributed by atoms with Gasteiger partial charge in [-0.1, -0.05) is 84.9 Å². The van der Waals surface area contributed by atoms with Crippen molar-refractivity contribution in [2.45, 2.75) is 12.8 Å². The summed E-state index contributed by atoms with van der Waals surface area (Å²) in [6.07, 6.45) is 4.03. The molecule has 1 aliphatic rings. The van der Waals surface area contributed by atoms with E-state index in [4.69, 9.17) is 13.8 Å². The highest BCUT2D eigenvalue weighted by Crippen LogP contribution is 2.41. The number of hydrogen-bond donors (Lipinski definition) is 0. The first-order valence-corrected chi connectivity index (χ1v) is 15.3. The van der Waals surface area contributed by atoms with Gasteiger partial charge in [0.15, 0.2) is 5.58 Å². The van der Waals surface area contributed by atoms with Gasteiger partial charge in [0.25, 0.3) is 0 Å². The van der Waals surface area contributed by atoms with E-state index in [-0.39, 0.29) is 0 Å². The molecule has 0 N–H and O–H groups in total. The number of aromatic nitrogens is 1. The van der Waals surface area contributed by atoms with Crippen LogP contribution in [0.2, 0.25) is 0 Å². The number of hydrogen-bond acceptors (Lipinski definition) is 4. The predicted octanol–water partition coefficient (Wildman–Crippen LogP) is 11.2. The lowest BCUT2D eigenvalue weighted by molar-refractivity contribution is 0.614. The molecule has 8 aromatic rings. The molecule has 6 aromatic carbocycles. The molecule has 0 saturated heterocycles. The number of furan rings is 1. The molecule has 45 heavy (non-hydrogen) atoms. The molecule has 0 aliphatic heterocycles. The maximum Gasteiger partial charge on any atom is 0.227 e. The van der Waals surface area contributed by atoms with Crippen LogP contribution in [-0.2, 0) is 6.42 Å². The molecule has 0 amide bonds. The molecule has 0 saturated carbocycles. The Hall–Kier alpha value is -5.87. The van der Waals surface area contributed by atoms with E-state index in [0.717, 1.165) is 62.8 Å². The molecule has 4 nitrogen and oxygen atoms in total. The van der Waals surface area contributed by atoms with Crippen molar-refractivity contribution in [1.29, 1.82) is 0 Å². The molecule has 2 aromatic heterocycles. The Labute approximate surface area is 260 Å². The second-order valence-electron chi connectivity index (χ2n) is 11.5. The van der Waals surface area contributed by atoms with Crippen LogP contribution >= 0.6 is 0 Å². The zero-order chi connectivity index (χ0) is 29.7. The second-order valence-corrected chi connectivity index (χ2v) is 11.5. The number of oxazole rings is 1. The standard InChI is InChI=1S/C41H28N2O2/c1-3-9-27(10-4-1)28-15-18-31(19-16-28)43(33-21-24-39-36(26-33)35-13-7-8-14-38(35)44-39)32-20-22-34-30(25-32)17-23-37-40(34)45-41(42-37)29-11-5-2-6-12-29/h1-19,21,23-26H,20,22H2. The van der Waals surface area contributed by atoms with Gasteiger partial charge in [-0.15, -0.1) is 0 Å². The van der Waals surface area contributed by atoms with Crippen LogP contribution in [0.1, 0.15) is 17.5 Å². The van der Waals surface area contributed by atoms with E-state index < -0.39 is 0 Å². The van der Waals surface area contributed by atoms with Crippen molar-refractivity contribution >= 4 is 50.5 Å². The number of para-hydroxylation sites is 1. The van der Waals surface area contributed by atoms with Crippen LogP contribution in [0.3, 0.4) is 0 Å². The maximum absolute atomic E-state index is 6.39. The number of aryl methyl sites for hydroxylation is 1. The van der Waals surface area contributed by atoms with Gasteiger partial charge in [0.2, 0.25) is 5.89 Å². The molecular formula is C41H28N2O2. The molecule has 4 heteroatoms. The smallest absolute Gasteiger partial charge is 0.227 e. The van der Waals surface area contributed by atoms with Gasteiger partial charge in [-0.05, 0) is 90.2 Å². The lowest BCUT2D eigenvalue weighted by Gasteiger charge is -2.30. The van der Waals surface area contributed by atoms with Crippen LogP contribution in [-0.4, -0.2) is 4.98 Å². The van der Waals surface area contributed by atoms with Gasteiger partial charge in [-0.25, -0.2) is 4.98 Å². The predicted molar refractivity (Wildman–Crippen MR) is 183 cm³/mol. The van der Waals surface area contributed by atoms with Crippen LogP contribution in [0, 0.1) is 0 Å². The summed E-state index contributed by atoms with van der Waals surface area (Å²) >= 11 is 0. The van der Waals surface area contributed by atoms with Gasteiger partial charge >= 0.3 is 0 Å². The number of rotatable bonds is 5. The normalized spacial score (nSPS) is 12.8. The molecule has 0 radical (unpaired) electrons. The first-order chi connectivity index (χ1) is 22.3. The Morgan fingerprint density at radius 3 is 2.04 bits per heavy atom. The van der Waals surface area contributed by atoms with Crippen molar-refractivity contribution in [3.8, 4) is 22.6 Å². The molecule has 9 rings (SSSR count). The molecule has 0 spiro atoms. The Bertz CT molecular complexity index is 2370. The van der Waals surface area contributed by atoms with Crippen molar-refractivity contribution in [3.63, 3.8) is 0 Å². The van der Waals surface area contributed by atoms with Gasteiger partial charge in [0.1, 0.15) is 16.7 Å². The average Bonchev–Trinajstić information content (AvgIpc) is 3.72. The minimum absolute atomic E-state index is 0.662. The summed E-state index contributed by atoms with van der Waals surface area (Å²) in [6, 6.07) is 48.5. The zero-order valence-electron chi connectivity index (χ0n) is 24.5. The minimum Gasteiger partial charge on any atom is -0.456 e. The third-order valence-corrected chi connectivity index (χ3v) is 8.81. The molecule has 0 unspecified atom stereocenters. The molecule has 0 bridgehead atoms. The Morgan fingerprint density at radius 2 is 1.22 bits per heavy atom. The number of anilines is 2. The summed E-state index contributed by atoms with van der Waals surface area (Å²) in [5, 5.41) is 2.24. The highest BCUT2D eigenvalue weighted by Gasteiger charge is 2.23. The first kappa shape index (κ1) is 25.6. The maximum atomic E-state index is 6.39. The number of fused-ring (bicyclic) bond motifs is 6. The summed E-state index contributed by atoms with van der Waals surface area (Å²) in [5.74, 6) is 0.662. The summed E-state index contributed by atoms with van der Waals surface area (Å²) in [4.78, 5) is 7.20. The average molecular weight is 581 g/mol. The fraction of sp³-hybridized carbons (Fsp3) is 0.0488. The number of nitrogens with zero attached hydrogens (tertiary/aromatic N) is 2. The molecule has 0 fully saturated rings. The van der Waals surface area contributed by atoms with Crippen molar-refractivity contribution in [2.24, 2.45) is 0 Å². The van der Waals surface area contributed by atoms with Crippen LogP contribution < -0.4 is 4.90 Å². The van der Waals surface area contributed by atoms with Gasteiger partial charge in [-0.2, -0.15) is 0 Å². The van der Waals surface area contributed by atoms with E-state index in [2.05, 4.69) is 108 Å². The Kier molecular flexibility index (Phi) is 5.91. The quantitative estimate of drug-likeness (QED) is 0.203. The fourth-order valence-electron chi connectivity index (χ4n) is 6.61. The van der Waals surface area contributed by atoms with Crippen LogP contribution in [0.5, 0.6) is 0 Å². The van der Waals surface area contributed by atoms with Gasteiger partial charge < -0.3 is 13.7 Å². The van der Waals surface area contributed by atoms with Crippen molar-refractivity contribution in [2.75, 3.05) is 4.90 Å². The van der Waals surface area contributed by atoms with Crippen molar-refractivity contribution in [3.05, 3.63) is 156 Å². The molecular weight excluding hydrogens is 552 g/mol. The molecule has 2 heterocycles. The minimum atomic E-state index is 0.662. The third-order valence-electron chi connectivity index (χ3n) is 8.81. The Morgan fingerprint density at radius 1 is 0.533 bits per heavy atom. The van der Waals surface area contributed by atoms with Crippen LogP contribution in [0.15, 0.2) is 154 Å². The summed E-state index contributed by atoms with van der Waals surface area (Å²) in [5.41, 5.74) is 12.8. The van der Waals surface area contributed by atoms with E-state index >= 15 is 0 Å². The van der Waals surface area contributed by atoms with Crippen LogP contribution in [0.25, 0.3) is 61.7 Å². The lowest BCUT2D eigenvalue weighted by atomic mass is 9.93. The molecule has 0 atom stereocenters. The number of allylic oxidation sites excluding steroid dienone is 1. The summed E-state index contributed by atoms with van der Waals surface area (Å²) in [7, 11) is 0. The summed E-state index contributed by atoms with van der Waals surface area (Å²) in [6.45, 7) is 0. The van der Waals surface area contributed by atoms with Gasteiger partial charge in [0.05, 0.1) is 0 Å². The largest absolute Gasteiger partial charge is 0.456 e. The molecule has 1 aliphatic carbocycles. The van der Waals surface area contributed by atoms with E-state index in [1.165, 1.54) is 28.0 Å². The summed E-state index contributed by atoms with van der Waals surface area (Å²) < 4.78 is 12.6. The van der Waals surface area contributed by atoms with E-state index in [1.807, 2.05) is 42.5 Å². The molecule has 214 valence electrons. The van der Waals surface area contributed by atoms with E-state index in [0.29, 0.717) is 5.89 Å². The fourth-order valence-corrected chi connectivity index (χ4v) is 6.61. The second kappa shape index (κ2) is 10.4. The van der Waals surface area contributed by atoms with Crippen LogP contribution in [0.4, 0.5) is 11.4 Å². The van der Waals surface area contributed by atoms with Gasteiger partial charge in [0, 0.05) is 39.0 Å². The highest BCUT2D eigenvalue weighted by molar-refractivity contribution is 6.06. The highest BCUT2D eigenvalue weighted by atomic mass is 16.3. The topological polar surface area (TPSA) is 42.4 Å². The zero-order valence-corrected chi connectivity index (χ0v) is 24.5. The SMILES string of the molecule is C1=C(N(c2ccc(-c3ccccc3)cc2)c2ccc3oc4ccccc4c3c2)CCc2c1ccc1nc(-c3ccccc3)oc21. The van der Waals surface area contributed by atoms with Crippen molar-refractivity contribution in [1.82, 2.24) is 4.98 Å². The van der Waals surface area contributed by atoms with Gasteiger partial charge in [-0.3, -0.25) is 0 Å². The lowest BCUT2D eigenvalue weighted by Crippen LogP contribution is -2.19.